The zero-order valence-corrected chi connectivity index (χ0v) is 43.1. The van der Waals surface area contributed by atoms with Crippen LogP contribution in [0.1, 0.15) is 226 Å². The fraction of sp³-hybridized carbons (Fsp3) is 0.623. The Kier molecular flexibility index (Phi) is 51.0. The van der Waals surface area contributed by atoms with Gasteiger partial charge in [0.2, 0.25) is 0 Å². The third kappa shape index (κ3) is 52.6. The normalized spacial score (nSPS) is 13.1. The van der Waals surface area contributed by atoms with Gasteiger partial charge in [0.05, 0.1) is 0 Å². The number of allylic oxidation sites excluding steroid dienone is 20. The van der Waals surface area contributed by atoms with E-state index in [9.17, 15) is 14.4 Å². The Labute approximate surface area is 412 Å². The number of rotatable bonds is 47. The van der Waals surface area contributed by atoms with E-state index in [1.54, 1.807) is 0 Å². The molecule has 1 atom stereocenters. The monoisotopic (exact) mass is 927 g/mol. The molecule has 0 aliphatic carbocycles. The van der Waals surface area contributed by atoms with Crippen molar-refractivity contribution >= 4 is 17.9 Å². The molecule has 0 bridgehead atoms. The summed E-state index contributed by atoms with van der Waals surface area (Å²) in [5.41, 5.74) is 0. The lowest BCUT2D eigenvalue weighted by atomic mass is 10.1. The van der Waals surface area contributed by atoms with Crippen LogP contribution in [0.2, 0.25) is 0 Å². The van der Waals surface area contributed by atoms with Gasteiger partial charge in [0.25, 0.3) is 0 Å². The Morgan fingerprint density at radius 3 is 0.940 bits per heavy atom. The van der Waals surface area contributed by atoms with Crippen molar-refractivity contribution in [3.8, 4) is 0 Å². The summed E-state index contributed by atoms with van der Waals surface area (Å²) in [7, 11) is 0. The molecule has 0 spiro atoms. The number of esters is 3. The second-order valence-electron chi connectivity index (χ2n) is 17.4. The van der Waals surface area contributed by atoms with Gasteiger partial charge in [-0.15, -0.1) is 0 Å². The molecule has 0 rings (SSSR count). The molecule has 0 saturated heterocycles. The van der Waals surface area contributed by atoms with Crippen molar-refractivity contribution in [3.63, 3.8) is 0 Å². The zero-order valence-electron chi connectivity index (χ0n) is 43.1. The Balaban J connectivity index is 4.21. The van der Waals surface area contributed by atoms with Crippen molar-refractivity contribution in [1.82, 2.24) is 0 Å². The van der Waals surface area contributed by atoms with E-state index < -0.39 is 6.10 Å². The summed E-state index contributed by atoms with van der Waals surface area (Å²) in [5.74, 6) is -0.957. The molecule has 0 aromatic carbocycles. The molecule has 378 valence electrons. The average molecular weight is 927 g/mol. The molecular weight excluding hydrogens is 829 g/mol. The maximum atomic E-state index is 12.7. The van der Waals surface area contributed by atoms with Gasteiger partial charge in [-0.1, -0.05) is 213 Å². The van der Waals surface area contributed by atoms with E-state index in [2.05, 4.69) is 142 Å². The van der Waals surface area contributed by atoms with Crippen molar-refractivity contribution < 1.29 is 28.6 Å². The molecule has 6 heteroatoms. The van der Waals surface area contributed by atoms with Gasteiger partial charge in [0, 0.05) is 19.3 Å². The third-order valence-corrected chi connectivity index (χ3v) is 11.0. The lowest BCUT2D eigenvalue weighted by Gasteiger charge is -2.18. The summed E-state index contributed by atoms with van der Waals surface area (Å²) in [6.45, 7) is 6.36. The summed E-state index contributed by atoms with van der Waals surface area (Å²) in [4.78, 5) is 37.7. The first kappa shape index (κ1) is 62.8. The van der Waals surface area contributed by atoms with Crippen molar-refractivity contribution in [1.29, 1.82) is 0 Å². The van der Waals surface area contributed by atoms with Crippen molar-refractivity contribution in [3.05, 3.63) is 122 Å². The minimum Gasteiger partial charge on any atom is -0.462 e. The molecule has 0 saturated carbocycles. The minimum absolute atomic E-state index is 0.0955. The molecule has 0 N–H and O–H groups in total. The van der Waals surface area contributed by atoms with Crippen LogP contribution in [-0.2, 0) is 28.6 Å². The topological polar surface area (TPSA) is 78.9 Å². The minimum atomic E-state index is -0.795. The molecule has 0 aliphatic rings. The molecule has 0 fully saturated rings. The molecule has 0 radical (unpaired) electrons. The molecule has 1 unspecified atom stereocenters. The fourth-order valence-electron chi connectivity index (χ4n) is 6.90. The van der Waals surface area contributed by atoms with Gasteiger partial charge in [-0.05, 0) is 116 Å². The molecule has 0 amide bonds. The van der Waals surface area contributed by atoms with Gasteiger partial charge >= 0.3 is 17.9 Å². The summed E-state index contributed by atoms with van der Waals surface area (Å²) in [6.07, 6.45) is 75.1. The van der Waals surface area contributed by atoms with E-state index in [0.29, 0.717) is 19.3 Å². The van der Waals surface area contributed by atoms with Crippen LogP contribution in [0.4, 0.5) is 0 Å². The van der Waals surface area contributed by atoms with Gasteiger partial charge in [-0.2, -0.15) is 0 Å². The van der Waals surface area contributed by atoms with E-state index in [1.807, 2.05) is 0 Å². The fourth-order valence-corrected chi connectivity index (χ4v) is 6.90. The second kappa shape index (κ2) is 54.4. The summed E-state index contributed by atoms with van der Waals surface area (Å²) in [6, 6.07) is 0. The first-order valence-electron chi connectivity index (χ1n) is 27.0. The molecule has 67 heavy (non-hydrogen) atoms. The van der Waals surface area contributed by atoms with Crippen LogP contribution in [-0.4, -0.2) is 37.2 Å². The highest BCUT2D eigenvalue weighted by molar-refractivity contribution is 5.71. The van der Waals surface area contributed by atoms with Crippen LogP contribution in [0.15, 0.2) is 122 Å². The Bertz CT molecular complexity index is 1440. The smallest absolute Gasteiger partial charge is 0.306 e. The summed E-state index contributed by atoms with van der Waals surface area (Å²) in [5, 5.41) is 0. The number of hydrogen-bond donors (Lipinski definition) is 0. The maximum Gasteiger partial charge on any atom is 0.306 e. The average Bonchev–Trinajstić information content (AvgIpc) is 3.33. The third-order valence-electron chi connectivity index (χ3n) is 11.0. The highest BCUT2D eigenvalue weighted by Gasteiger charge is 2.19. The van der Waals surface area contributed by atoms with Crippen LogP contribution in [0.5, 0.6) is 0 Å². The molecule has 0 aromatic rings. The second-order valence-corrected chi connectivity index (χ2v) is 17.4. The molecule has 0 heterocycles. The highest BCUT2D eigenvalue weighted by atomic mass is 16.6. The number of hydrogen-bond acceptors (Lipinski definition) is 6. The first-order chi connectivity index (χ1) is 33.0. The predicted octanol–water partition coefficient (Wildman–Crippen LogP) is 18.1. The Morgan fingerprint density at radius 1 is 0.313 bits per heavy atom. The van der Waals surface area contributed by atoms with E-state index in [0.717, 1.165) is 161 Å². The molecule has 0 aliphatic heterocycles. The molecule has 0 aromatic heterocycles. The van der Waals surface area contributed by atoms with Crippen LogP contribution in [0.25, 0.3) is 0 Å². The van der Waals surface area contributed by atoms with Crippen LogP contribution in [0, 0.1) is 0 Å². The number of carbonyl (C=O) groups excluding carboxylic acids is 3. The zero-order chi connectivity index (χ0) is 48.6. The SMILES string of the molecule is CC/C=C\C/C=C\C/C=C\C/C=C\C/C=C\C/C=C\C/C=C\C/C=C\CCCCCCC(=O)OCC(COC(=O)CCCCCCC)OC(=O)CCCCCCC/C=C\C/C=C\CCCCC. The van der Waals surface area contributed by atoms with E-state index >= 15 is 0 Å². The lowest BCUT2D eigenvalue weighted by Crippen LogP contribution is -2.30. The van der Waals surface area contributed by atoms with Crippen molar-refractivity contribution in [2.24, 2.45) is 0 Å². The Hall–Kier alpha value is -4.19. The van der Waals surface area contributed by atoms with Gasteiger partial charge in [-0.3, -0.25) is 14.4 Å². The van der Waals surface area contributed by atoms with Crippen LogP contribution < -0.4 is 0 Å². The highest BCUT2D eigenvalue weighted by Crippen LogP contribution is 2.12. The van der Waals surface area contributed by atoms with E-state index in [1.165, 1.54) is 25.7 Å². The lowest BCUT2D eigenvalue weighted by molar-refractivity contribution is -0.167. The van der Waals surface area contributed by atoms with Crippen molar-refractivity contribution in [2.75, 3.05) is 13.2 Å². The standard InChI is InChI=1S/C61H98O6/c1-4-7-10-13-15-17-19-21-23-24-25-26-27-28-29-30-31-32-33-34-35-36-38-39-41-43-45-48-51-54-60(63)66-57-58(56-65-59(62)53-50-47-12-9-6-3)67-61(64)55-52-49-46-44-42-40-37-22-20-18-16-14-11-8-5-2/h7,10,15-18,21-23,25-26,28-29,31-32,34-35,37-39,58H,4-6,8-9,11-14,19-20,24,27,30,33,36,40-57H2,1-3H3/b10-7-,17-15-,18-16-,23-21-,26-25-,29-28-,32-31-,35-34-,37-22-,39-38-. The predicted molar refractivity (Wildman–Crippen MR) is 288 cm³/mol. The van der Waals surface area contributed by atoms with Gasteiger partial charge in [0.1, 0.15) is 13.2 Å². The largest absolute Gasteiger partial charge is 0.462 e. The molecular formula is C61H98O6. The maximum absolute atomic E-state index is 12.7. The summed E-state index contributed by atoms with van der Waals surface area (Å²) < 4.78 is 16.6. The molecule has 6 nitrogen and oxygen atoms in total. The number of carbonyl (C=O) groups is 3. The number of ether oxygens (including phenoxy) is 3. The quantitative estimate of drug-likeness (QED) is 0.0262. The number of unbranched alkanes of at least 4 members (excludes halogenated alkanes) is 16. The van der Waals surface area contributed by atoms with E-state index in [4.69, 9.17) is 14.2 Å². The van der Waals surface area contributed by atoms with E-state index in [-0.39, 0.29) is 31.1 Å². The van der Waals surface area contributed by atoms with Gasteiger partial charge in [-0.25, -0.2) is 0 Å². The summed E-state index contributed by atoms with van der Waals surface area (Å²) >= 11 is 0. The Morgan fingerprint density at radius 2 is 0.582 bits per heavy atom. The van der Waals surface area contributed by atoms with Crippen LogP contribution >= 0.6 is 0 Å². The van der Waals surface area contributed by atoms with Gasteiger partial charge < -0.3 is 14.2 Å². The van der Waals surface area contributed by atoms with Crippen LogP contribution in [0.3, 0.4) is 0 Å². The van der Waals surface area contributed by atoms with Crippen molar-refractivity contribution in [2.45, 2.75) is 232 Å². The van der Waals surface area contributed by atoms with Gasteiger partial charge in [0.15, 0.2) is 6.10 Å². The first-order valence-corrected chi connectivity index (χ1v) is 27.0.